The number of fused-ring (bicyclic) bond motifs is 1. The maximum Gasteiger partial charge on any atom is 0.178 e. The largest absolute Gasteiger partial charge is 0.362 e. The van der Waals surface area contributed by atoms with Crippen molar-refractivity contribution in [1.29, 1.82) is 0 Å². The Bertz CT molecular complexity index is 1080. The average molecular weight is 372 g/mol. The van der Waals surface area contributed by atoms with Gasteiger partial charge in [0.1, 0.15) is 5.82 Å². The molecule has 3 heterocycles. The van der Waals surface area contributed by atoms with Crippen molar-refractivity contribution in [3.05, 3.63) is 72.3 Å². The van der Waals surface area contributed by atoms with Crippen LogP contribution < -0.4 is 5.32 Å². The van der Waals surface area contributed by atoms with Gasteiger partial charge in [0, 0.05) is 23.9 Å². The number of nitrogens with zero attached hydrogens (tertiary/aromatic N) is 5. The number of hydrogen-bond donors (Lipinski definition) is 1. The van der Waals surface area contributed by atoms with Gasteiger partial charge in [0.2, 0.25) is 0 Å². The van der Waals surface area contributed by atoms with Crippen molar-refractivity contribution in [3.63, 3.8) is 0 Å². The lowest BCUT2D eigenvalue weighted by Crippen LogP contribution is -2.18. The summed E-state index contributed by atoms with van der Waals surface area (Å²) in [5.74, 6) is 1.64. The fraction of sp³-hybridized carbons (Fsp3) is 0.273. The van der Waals surface area contributed by atoms with E-state index in [-0.39, 0.29) is 11.5 Å². The first-order chi connectivity index (χ1) is 13.4. The molecular formula is C22H24N6. The fourth-order valence-electron chi connectivity index (χ4n) is 3.14. The molecule has 0 aliphatic carbocycles. The standard InChI is InChI=1S/C22H24N6/c1-15(16-7-9-17(10-8-16)18-6-5-13-23-14-18)24-19-11-12-20-25-26-21(22(2,3)4)28(20)27-19/h5-15H,1-4H3,(H,24,27). The topological polar surface area (TPSA) is 68.0 Å². The highest BCUT2D eigenvalue weighted by molar-refractivity contribution is 5.62. The molecule has 1 unspecified atom stereocenters. The molecule has 3 aromatic heterocycles. The van der Waals surface area contributed by atoms with E-state index in [4.69, 9.17) is 5.10 Å². The minimum Gasteiger partial charge on any atom is -0.362 e. The Morgan fingerprint density at radius 1 is 0.929 bits per heavy atom. The van der Waals surface area contributed by atoms with Gasteiger partial charge in [-0.15, -0.1) is 15.3 Å². The van der Waals surface area contributed by atoms with Crippen LogP contribution in [0.3, 0.4) is 0 Å². The smallest absolute Gasteiger partial charge is 0.178 e. The van der Waals surface area contributed by atoms with E-state index in [2.05, 4.69) is 78.5 Å². The average Bonchev–Trinajstić information content (AvgIpc) is 3.12. The third-order valence-electron chi connectivity index (χ3n) is 4.70. The lowest BCUT2D eigenvalue weighted by molar-refractivity contribution is 0.527. The highest BCUT2D eigenvalue weighted by Gasteiger charge is 2.22. The van der Waals surface area contributed by atoms with Crippen molar-refractivity contribution < 1.29 is 0 Å². The molecule has 28 heavy (non-hydrogen) atoms. The molecule has 4 aromatic rings. The van der Waals surface area contributed by atoms with Crippen molar-refractivity contribution >= 4 is 11.5 Å². The van der Waals surface area contributed by atoms with Gasteiger partial charge in [0.25, 0.3) is 0 Å². The Kier molecular flexibility index (Phi) is 4.55. The van der Waals surface area contributed by atoms with Crippen LogP contribution >= 0.6 is 0 Å². The normalized spacial score (nSPS) is 12.9. The molecule has 0 saturated heterocycles. The summed E-state index contributed by atoms with van der Waals surface area (Å²) in [7, 11) is 0. The van der Waals surface area contributed by atoms with Crippen LogP contribution in [0.25, 0.3) is 16.8 Å². The summed E-state index contributed by atoms with van der Waals surface area (Å²) in [6.45, 7) is 8.45. The zero-order chi connectivity index (χ0) is 19.7. The first-order valence-corrected chi connectivity index (χ1v) is 9.42. The van der Waals surface area contributed by atoms with Crippen LogP contribution in [0.1, 0.15) is 45.1 Å². The van der Waals surface area contributed by atoms with Crippen LogP contribution in [-0.2, 0) is 5.41 Å². The molecule has 142 valence electrons. The second-order valence-electron chi connectivity index (χ2n) is 7.99. The van der Waals surface area contributed by atoms with Crippen molar-refractivity contribution in [3.8, 4) is 11.1 Å². The lowest BCUT2D eigenvalue weighted by atomic mass is 9.96. The van der Waals surface area contributed by atoms with Gasteiger partial charge >= 0.3 is 0 Å². The first-order valence-electron chi connectivity index (χ1n) is 9.42. The molecule has 1 aromatic carbocycles. The first kappa shape index (κ1) is 18.1. The summed E-state index contributed by atoms with van der Waals surface area (Å²) in [4.78, 5) is 4.19. The summed E-state index contributed by atoms with van der Waals surface area (Å²) < 4.78 is 1.82. The zero-order valence-electron chi connectivity index (χ0n) is 16.6. The van der Waals surface area contributed by atoms with Gasteiger partial charge < -0.3 is 5.32 Å². The van der Waals surface area contributed by atoms with E-state index in [1.165, 1.54) is 5.56 Å². The molecule has 0 spiro atoms. The number of benzene rings is 1. The molecule has 1 N–H and O–H groups in total. The van der Waals surface area contributed by atoms with Gasteiger partial charge in [-0.3, -0.25) is 4.98 Å². The van der Waals surface area contributed by atoms with Crippen LogP contribution in [0, 0.1) is 0 Å². The summed E-state index contributed by atoms with van der Waals surface area (Å²) in [6.07, 6.45) is 3.66. The number of hydrogen-bond acceptors (Lipinski definition) is 5. The van der Waals surface area contributed by atoms with E-state index in [0.29, 0.717) is 0 Å². The van der Waals surface area contributed by atoms with E-state index in [1.54, 1.807) is 6.20 Å². The SMILES string of the molecule is CC(Nc1ccc2nnc(C(C)(C)C)n2n1)c1ccc(-c2cccnc2)cc1. The van der Waals surface area contributed by atoms with E-state index < -0.39 is 0 Å². The van der Waals surface area contributed by atoms with E-state index in [1.807, 2.05) is 28.9 Å². The Hall–Kier alpha value is -3.28. The van der Waals surface area contributed by atoms with Gasteiger partial charge in [-0.2, -0.15) is 4.52 Å². The van der Waals surface area contributed by atoms with Crippen LogP contribution in [0.5, 0.6) is 0 Å². The molecule has 0 fully saturated rings. The van der Waals surface area contributed by atoms with Crippen LogP contribution in [0.2, 0.25) is 0 Å². The van der Waals surface area contributed by atoms with Gasteiger partial charge in [-0.05, 0) is 41.8 Å². The summed E-state index contributed by atoms with van der Waals surface area (Å²) >= 11 is 0. The highest BCUT2D eigenvalue weighted by Crippen LogP contribution is 2.24. The lowest BCUT2D eigenvalue weighted by Gasteiger charge is -2.17. The highest BCUT2D eigenvalue weighted by atomic mass is 15.4. The predicted octanol–water partition coefficient (Wildman–Crippen LogP) is 4.66. The van der Waals surface area contributed by atoms with Gasteiger partial charge in [-0.25, -0.2) is 0 Å². The molecular weight excluding hydrogens is 348 g/mol. The number of pyridine rings is 1. The molecule has 4 rings (SSSR count). The number of aromatic nitrogens is 5. The van der Waals surface area contributed by atoms with Gasteiger partial charge in [-0.1, -0.05) is 51.1 Å². The number of rotatable bonds is 4. The molecule has 6 nitrogen and oxygen atoms in total. The van der Waals surface area contributed by atoms with Crippen molar-refractivity contribution in [2.75, 3.05) is 5.32 Å². The zero-order valence-corrected chi connectivity index (χ0v) is 16.6. The summed E-state index contributed by atoms with van der Waals surface area (Å²) in [5.41, 5.74) is 4.09. The van der Waals surface area contributed by atoms with Crippen LogP contribution in [0.15, 0.2) is 60.9 Å². The second kappa shape index (κ2) is 7.03. The van der Waals surface area contributed by atoms with Crippen LogP contribution in [0.4, 0.5) is 5.82 Å². The molecule has 0 saturated carbocycles. The van der Waals surface area contributed by atoms with E-state index in [0.717, 1.165) is 28.4 Å². The molecule has 0 radical (unpaired) electrons. The molecule has 0 aliphatic rings. The summed E-state index contributed by atoms with van der Waals surface area (Å²) in [5, 5.41) is 16.7. The minimum atomic E-state index is -0.126. The molecule has 0 aliphatic heterocycles. The van der Waals surface area contributed by atoms with Gasteiger partial charge in [0.05, 0.1) is 0 Å². The van der Waals surface area contributed by atoms with Gasteiger partial charge in [0.15, 0.2) is 11.5 Å². The van der Waals surface area contributed by atoms with E-state index >= 15 is 0 Å². The third-order valence-corrected chi connectivity index (χ3v) is 4.70. The fourth-order valence-corrected chi connectivity index (χ4v) is 3.14. The summed E-state index contributed by atoms with van der Waals surface area (Å²) in [6, 6.07) is 16.5. The van der Waals surface area contributed by atoms with Crippen molar-refractivity contribution in [2.45, 2.75) is 39.2 Å². The Balaban J connectivity index is 1.55. The Labute approximate surface area is 164 Å². The molecule has 0 bridgehead atoms. The molecule has 1 atom stereocenters. The number of anilines is 1. The monoisotopic (exact) mass is 372 g/mol. The maximum absolute atomic E-state index is 4.70. The second-order valence-corrected chi connectivity index (χ2v) is 7.99. The quantitative estimate of drug-likeness (QED) is 0.564. The maximum atomic E-state index is 4.70. The molecule has 6 heteroatoms. The minimum absolute atomic E-state index is 0.113. The molecule has 0 amide bonds. The van der Waals surface area contributed by atoms with Crippen molar-refractivity contribution in [1.82, 2.24) is 24.8 Å². The van der Waals surface area contributed by atoms with Crippen molar-refractivity contribution in [2.24, 2.45) is 0 Å². The number of nitrogens with one attached hydrogen (secondary N) is 1. The van der Waals surface area contributed by atoms with E-state index in [9.17, 15) is 0 Å². The van der Waals surface area contributed by atoms with Crippen LogP contribution in [-0.4, -0.2) is 24.8 Å². The third kappa shape index (κ3) is 3.58. The Morgan fingerprint density at radius 3 is 2.39 bits per heavy atom. The Morgan fingerprint density at radius 2 is 1.71 bits per heavy atom. The predicted molar refractivity (Wildman–Crippen MR) is 111 cm³/mol.